The van der Waals surface area contributed by atoms with Gasteiger partial charge in [-0.1, -0.05) is 12.1 Å². The summed E-state index contributed by atoms with van der Waals surface area (Å²) in [7, 11) is 3.63. The smallest absolute Gasteiger partial charge is 0.193 e. The van der Waals surface area contributed by atoms with Crippen LogP contribution < -0.4 is 10.1 Å². The summed E-state index contributed by atoms with van der Waals surface area (Å²) in [6.45, 7) is 4.53. The third-order valence-electron chi connectivity index (χ3n) is 3.88. The minimum atomic E-state index is 0. The lowest BCUT2D eigenvalue weighted by atomic mass is 10.1. The van der Waals surface area contributed by atoms with Crippen molar-refractivity contribution >= 4 is 41.3 Å². The topological polar surface area (TPSA) is 57.1 Å². The van der Waals surface area contributed by atoms with Gasteiger partial charge in [0.25, 0.3) is 0 Å². The number of aromatic hydroxyl groups is 1. The van der Waals surface area contributed by atoms with Crippen molar-refractivity contribution in [2.24, 2.45) is 4.99 Å². The lowest BCUT2D eigenvalue weighted by molar-refractivity contribution is 0.373. The number of phenolic OH excluding ortho intramolecular Hbond substituents is 1. The molecule has 0 bridgehead atoms. The predicted octanol–water partition coefficient (Wildman–Crippen LogP) is 3.76. The standard InChI is InChI=1S/C19H27N3O2S.HI/c1-4-20-19(22(2)12-10-16-6-5-13-25-16)21-11-9-15-7-8-17(23)18(14-15)24-3;/h5-8,13-14,23H,4,9-12H2,1-3H3,(H,20,21);1H. The molecule has 0 unspecified atom stereocenters. The lowest BCUT2D eigenvalue weighted by Crippen LogP contribution is -2.40. The molecule has 0 amide bonds. The summed E-state index contributed by atoms with van der Waals surface area (Å²) in [5.41, 5.74) is 1.09. The number of methoxy groups -OCH3 is 1. The SMILES string of the molecule is CCNC(=NCCc1ccc(O)c(OC)c1)N(C)CCc1cccs1.I. The molecule has 0 aliphatic carbocycles. The summed E-state index contributed by atoms with van der Waals surface area (Å²) in [5.74, 6) is 1.59. The Labute approximate surface area is 177 Å². The van der Waals surface area contributed by atoms with Crippen LogP contribution in [0.1, 0.15) is 17.4 Å². The van der Waals surface area contributed by atoms with Gasteiger partial charge in [-0.2, -0.15) is 0 Å². The predicted molar refractivity (Wildman–Crippen MR) is 120 cm³/mol. The largest absolute Gasteiger partial charge is 0.504 e. The number of rotatable bonds is 8. The highest BCUT2D eigenvalue weighted by atomic mass is 127. The van der Waals surface area contributed by atoms with Crippen LogP contribution in [0.5, 0.6) is 11.5 Å². The zero-order chi connectivity index (χ0) is 18.1. The maximum atomic E-state index is 9.66. The minimum absolute atomic E-state index is 0. The van der Waals surface area contributed by atoms with Crippen LogP contribution in [0.4, 0.5) is 0 Å². The summed E-state index contributed by atoms with van der Waals surface area (Å²) < 4.78 is 5.15. The first-order chi connectivity index (χ1) is 12.1. The van der Waals surface area contributed by atoms with Gasteiger partial charge < -0.3 is 20.1 Å². The molecule has 1 aromatic heterocycles. The van der Waals surface area contributed by atoms with Crippen LogP contribution in [0.3, 0.4) is 0 Å². The van der Waals surface area contributed by atoms with Crippen molar-refractivity contribution in [3.8, 4) is 11.5 Å². The average molecular weight is 489 g/mol. The molecule has 0 aliphatic rings. The molecule has 0 spiro atoms. The summed E-state index contributed by atoms with van der Waals surface area (Å²) in [4.78, 5) is 8.27. The van der Waals surface area contributed by atoms with Gasteiger partial charge in [0, 0.05) is 31.6 Å². The number of ether oxygens (including phenoxy) is 1. The Morgan fingerprint density at radius 2 is 2.12 bits per heavy atom. The first-order valence-corrected chi connectivity index (χ1v) is 9.39. The summed E-state index contributed by atoms with van der Waals surface area (Å²) >= 11 is 1.79. The number of phenols is 1. The van der Waals surface area contributed by atoms with Crippen LogP contribution in [0.2, 0.25) is 0 Å². The maximum absolute atomic E-state index is 9.66. The van der Waals surface area contributed by atoms with E-state index in [-0.39, 0.29) is 29.7 Å². The number of hydrogen-bond acceptors (Lipinski definition) is 4. The van der Waals surface area contributed by atoms with Gasteiger partial charge in [-0.05, 0) is 48.9 Å². The third-order valence-corrected chi connectivity index (χ3v) is 4.81. The van der Waals surface area contributed by atoms with Crippen molar-refractivity contribution in [1.82, 2.24) is 10.2 Å². The number of hydrogen-bond donors (Lipinski definition) is 2. The molecule has 2 aromatic rings. The molecule has 0 saturated heterocycles. The maximum Gasteiger partial charge on any atom is 0.193 e. The van der Waals surface area contributed by atoms with Crippen molar-refractivity contribution in [3.05, 3.63) is 46.2 Å². The molecule has 2 N–H and O–H groups in total. The van der Waals surface area contributed by atoms with E-state index in [4.69, 9.17) is 9.73 Å². The molecule has 26 heavy (non-hydrogen) atoms. The number of halogens is 1. The number of aliphatic imine (C=N–C) groups is 1. The Hall–Kier alpha value is -1.48. The third kappa shape index (κ3) is 7.03. The van der Waals surface area contributed by atoms with Crippen LogP contribution in [-0.2, 0) is 12.8 Å². The molecule has 0 saturated carbocycles. The van der Waals surface area contributed by atoms with Crippen molar-refractivity contribution in [2.75, 3.05) is 33.8 Å². The summed E-state index contributed by atoms with van der Waals surface area (Å²) in [6, 6.07) is 9.68. The molecule has 2 rings (SSSR count). The zero-order valence-electron chi connectivity index (χ0n) is 15.6. The van der Waals surface area contributed by atoms with Crippen LogP contribution in [0, 0.1) is 0 Å². The second kappa shape index (κ2) is 12.0. The monoisotopic (exact) mass is 489 g/mol. The van der Waals surface area contributed by atoms with E-state index in [1.54, 1.807) is 24.5 Å². The second-order valence-corrected chi connectivity index (χ2v) is 6.78. The quantitative estimate of drug-likeness (QED) is 0.337. The first-order valence-electron chi connectivity index (χ1n) is 8.51. The average Bonchev–Trinajstić information content (AvgIpc) is 3.14. The van der Waals surface area contributed by atoms with Crippen molar-refractivity contribution in [1.29, 1.82) is 0 Å². The number of likely N-dealkylation sites (N-methyl/N-ethyl adjacent to an activating group) is 1. The molecular weight excluding hydrogens is 461 g/mol. The first kappa shape index (κ1) is 22.6. The number of nitrogens with one attached hydrogen (secondary N) is 1. The molecule has 0 aliphatic heterocycles. The Bertz CT molecular complexity index is 677. The molecule has 0 radical (unpaired) electrons. The molecular formula is C19H28IN3O2S. The molecule has 0 fully saturated rings. The van der Waals surface area contributed by atoms with Gasteiger partial charge in [-0.15, -0.1) is 35.3 Å². The zero-order valence-corrected chi connectivity index (χ0v) is 18.7. The van der Waals surface area contributed by atoms with Crippen molar-refractivity contribution in [2.45, 2.75) is 19.8 Å². The fourth-order valence-electron chi connectivity index (χ4n) is 2.48. The van der Waals surface area contributed by atoms with Crippen LogP contribution in [0.15, 0.2) is 40.7 Å². The Morgan fingerprint density at radius 1 is 1.31 bits per heavy atom. The molecule has 1 heterocycles. The lowest BCUT2D eigenvalue weighted by Gasteiger charge is -2.21. The van der Waals surface area contributed by atoms with Crippen LogP contribution in [-0.4, -0.2) is 49.8 Å². The molecule has 5 nitrogen and oxygen atoms in total. The van der Waals surface area contributed by atoms with E-state index in [0.29, 0.717) is 12.3 Å². The van der Waals surface area contributed by atoms with E-state index in [2.05, 4.69) is 41.7 Å². The Balaban J connectivity index is 0.00000338. The van der Waals surface area contributed by atoms with Gasteiger partial charge in [0.05, 0.1) is 7.11 Å². The minimum Gasteiger partial charge on any atom is -0.504 e. The fraction of sp³-hybridized carbons (Fsp3) is 0.421. The highest BCUT2D eigenvalue weighted by molar-refractivity contribution is 14.0. The van der Waals surface area contributed by atoms with Crippen molar-refractivity contribution < 1.29 is 9.84 Å². The van der Waals surface area contributed by atoms with Gasteiger partial charge in [0.15, 0.2) is 17.5 Å². The van der Waals surface area contributed by atoms with E-state index < -0.39 is 0 Å². The van der Waals surface area contributed by atoms with Gasteiger partial charge in [0.2, 0.25) is 0 Å². The van der Waals surface area contributed by atoms with Gasteiger partial charge in [-0.3, -0.25) is 4.99 Å². The number of nitrogens with zero attached hydrogens (tertiary/aromatic N) is 2. The molecule has 7 heteroatoms. The number of guanidine groups is 1. The van der Waals surface area contributed by atoms with Crippen molar-refractivity contribution in [3.63, 3.8) is 0 Å². The molecule has 0 atom stereocenters. The molecule has 144 valence electrons. The Kier molecular flexibility index (Phi) is 10.4. The summed E-state index contributed by atoms with van der Waals surface area (Å²) in [6.07, 6.45) is 1.82. The number of benzene rings is 1. The normalized spacial score (nSPS) is 11.0. The van der Waals surface area contributed by atoms with Gasteiger partial charge >= 0.3 is 0 Å². The highest BCUT2D eigenvalue weighted by Gasteiger charge is 2.07. The van der Waals surface area contributed by atoms with E-state index in [0.717, 1.165) is 37.5 Å². The van der Waals surface area contributed by atoms with Gasteiger partial charge in [-0.25, -0.2) is 0 Å². The van der Waals surface area contributed by atoms with E-state index in [1.807, 2.05) is 12.1 Å². The summed E-state index contributed by atoms with van der Waals surface area (Å²) in [5, 5.41) is 15.1. The van der Waals surface area contributed by atoms with E-state index in [1.165, 1.54) is 4.88 Å². The van der Waals surface area contributed by atoms with E-state index >= 15 is 0 Å². The highest BCUT2D eigenvalue weighted by Crippen LogP contribution is 2.26. The number of thiophene rings is 1. The Morgan fingerprint density at radius 3 is 2.77 bits per heavy atom. The van der Waals surface area contributed by atoms with E-state index in [9.17, 15) is 5.11 Å². The van der Waals surface area contributed by atoms with Crippen LogP contribution in [0.25, 0.3) is 0 Å². The van der Waals surface area contributed by atoms with Crippen LogP contribution >= 0.6 is 35.3 Å². The molecule has 1 aromatic carbocycles. The second-order valence-electron chi connectivity index (χ2n) is 5.74. The van der Waals surface area contributed by atoms with Gasteiger partial charge in [0.1, 0.15) is 0 Å². The fourth-order valence-corrected chi connectivity index (χ4v) is 3.17.